The fourth-order valence-electron chi connectivity index (χ4n) is 0.950. The number of rotatable bonds is 0. The molecule has 0 aliphatic carbocycles. The molecule has 58 valence electrons. The number of ether oxygens (including phenoxy) is 1. The number of aliphatic hydroxyl groups is 3. The summed E-state index contributed by atoms with van der Waals surface area (Å²) in [7, 11) is 1.60. The second kappa shape index (κ2) is 2.20. The number of hydrogen-bond donors (Lipinski definition) is 3. The molecule has 0 aromatic rings. The van der Waals surface area contributed by atoms with Crippen molar-refractivity contribution in [1.29, 1.82) is 0 Å². The third-order valence-electron chi connectivity index (χ3n) is 2.04. The van der Waals surface area contributed by atoms with E-state index in [9.17, 15) is 5.11 Å². The van der Waals surface area contributed by atoms with Gasteiger partial charge in [0.15, 0.2) is 6.29 Å². The highest BCUT2D eigenvalue weighted by Gasteiger charge is 2.48. The van der Waals surface area contributed by atoms with Crippen LogP contribution in [0.4, 0.5) is 0 Å². The zero-order valence-electron chi connectivity index (χ0n) is 5.98. The van der Waals surface area contributed by atoms with Gasteiger partial charge in [-0.05, 0) is 6.92 Å². The van der Waals surface area contributed by atoms with Gasteiger partial charge in [-0.15, -0.1) is 0 Å². The van der Waals surface area contributed by atoms with Crippen LogP contribution in [0.2, 0.25) is 0 Å². The van der Waals surface area contributed by atoms with Gasteiger partial charge in [0.25, 0.3) is 0 Å². The van der Waals surface area contributed by atoms with Crippen molar-refractivity contribution in [3.05, 3.63) is 0 Å². The zero-order chi connectivity index (χ0) is 7.94. The van der Waals surface area contributed by atoms with Crippen LogP contribution in [-0.4, -0.2) is 47.2 Å². The van der Waals surface area contributed by atoms with E-state index in [0.717, 1.165) is 0 Å². The molecule has 1 heterocycles. The van der Waals surface area contributed by atoms with E-state index in [1.54, 1.807) is 7.85 Å². The molecule has 1 saturated heterocycles. The van der Waals surface area contributed by atoms with E-state index in [2.05, 4.69) is 0 Å². The smallest absolute Gasteiger partial charge is 0.183 e. The Bertz CT molecular complexity index is 138. The topological polar surface area (TPSA) is 69.9 Å². The largest absolute Gasteiger partial charge is 0.385 e. The van der Waals surface area contributed by atoms with Gasteiger partial charge in [0.1, 0.15) is 19.6 Å². The molecular weight excluding hydrogens is 135 g/mol. The lowest BCUT2D eigenvalue weighted by Crippen LogP contribution is -2.45. The van der Waals surface area contributed by atoms with Crippen LogP contribution in [0.1, 0.15) is 6.92 Å². The molecule has 1 fully saturated rings. The molecule has 0 aromatic carbocycles. The quantitative estimate of drug-likeness (QED) is 0.328. The Morgan fingerprint density at radius 2 is 2.00 bits per heavy atom. The second-order valence-electron chi connectivity index (χ2n) is 2.84. The molecule has 5 heteroatoms. The zero-order valence-corrected chi connectivity index (χ0v) is 5.98. The summed E-state index contributed by atoms with van der Waals surface area (Å²) in [5, 5.41) is 27.3. The van der Waals surface area contributed by atoms with E-state index in [-0.39, 0.29) is 0 Å². The summed E-state index contributed by atoms with van der Waals surface area (Å²) in [6, 6.07) is -0.530. The molecule has 4 atom stereocenters. The first kappa shape index (κ1) is 8.01. The van der Waals surface area contributed by atoms with Crippen molar-refractivity contribution in [3.8, 4) is 0 Å². The highest BCUT2D eigenvalue weighted by Crippen LogP contribution is 2.27. The molecule has 1 aliphatic heterocycles. The average molecular weight is 146 g/mol. The maximum Gasteiger partial charge on any atom is 0.183 e. The summed E-state index contributed by atoms with van der Waals surface area (Å²) in [5.41, 5.74) is -1.33. The Labute approximate surface area is 59.8 Å². The van der Waals surface area contributed by atoms with Crippen LogP contribution in [0, 0.1) is 0 Å². The van der Waals surface area contributed by atoms with Crippen molar-refractivity contribution < 1.29 is 20.1 Å². The molecule has 1 rings (SSSR count). The Hall–Kier alpha value is -0.0951. The SMILES string of the molecule is B[C@@H]1OC(O)[C@@H](O)[C@@]1(C)O. The third-order valence-corrected chi connectivity index (χ3v) is 2.04. The minimum atomic E-state index is -1.33. The Balaban J connectivity index is 2.75. The molecule has 0 saturated carbocycles. The normalized spacial score (nSPS) is 55.4. The molecule has 0 amide bonds. The van der Waals surface area contributed by atoms with Crippen molar-refractivity contribution in [3.63, 3.8) is 0 Å². The van der Waals surface area contributed by atoms with Crippen LogP contribution in [0.25, 0.3) is 0 Å². The molecule has 0 bridgehead atoms. The summed E-state index contributed by atoms with van der Waals surface area (Å²) in [6.45, 7) is 1.43. The lowest BCUT2D eigenvalue weighted by atomic mass is 9.83. The predicted molar refractivity (Wildman–Crippen MR) is 36.1 cm³/mol. The van der Waals surface area contributed by atoms with E-state index in [4.69, 9.17) is 14.9 Å². The van der Waals surface area contributed by atoms with Crippen molar-refractivity contribution in [2.75, 3.05) is 0 Å². The predicted octanol–water partition coefficient (Wildman–Crippen LogP) is -2.59. The van der Waals surface area contributed by atoms with Crippen LogP contribution in [0.15, 0.2) is 0 Å². The van der Waals surface area contributed by atoms with Gasteiger partial charge in [-0.1, -0.05) is 0 Å². The summed E-state index contributed by atoms with van der Waals surface area (Å²) < 4.78 is 4.74. The average Bonchev–Trinajstić information content (AvgIpc) is 1.97. The van der Waals surface area contributed by atoms with Crippen molar-refractivity contribution in [2.45, 2.75) is 30.9 Å². The van der Waals surface area contributed by atoms with Gasteiger partial charge in [-0.3, -0.25) is 0 Å². The van der Waals surface area contributed by atoms with Crippen LogP contribution in [0.3, 0.4) is 0 Å². The maximum atomic E-state index is 9.37. The minimum Gasteiger partial charge on any atom is -0.385 e. The maximum absolute atomic E-state index is 9.37. The summed E-state index contributed by atoms with van der Waals surface area (Å²) in [6.07, 6.45) is -2.47. The van der Waals surface area contributed by atoms with Gasteiger partial charge in [-0.25, -0.2) is 0 Å². The molecular formula is C5H11BO4. The van der Waals surface area contributed by atoms with E-state index < -0.39 is 24.0 Å². The Kier molecular flexibility index (Phi) is 1.76. The van der Waals surface area contributed by atoms with E-state index >= 15 is 0 Å². The standard InChI is InChI=1S/C5H11BO4/c1-5(9)2(7)3(8)10-4(5)6/h2-4,7-9H,6H2,1H3/t2-,3?,4-,5-/m1/s1. The molecule has 0 radical (unpaired) electrons. The van der Waals surface area contributed by atoms with Gasteiger partial charge in [0.05, 0.1) is 6.00 Å². The van der Waals surface area contributed by atoms with Gasteiger partial charge >= 0.3 is 0 Å². The summed E-state index contributed by atoms with van der Waals surface area (Å²) in [4.78, 5) is 0. The van der Waals surface area contributed by atoms with Gasteiger partial charge in [0.2, 0.25) is 0 Å². The first-order valence-corrected chi connectivity index (χ1v) is 3.20. The number of hydrogen-bond acceptors (Lipinski definition) is 4. The van der Waals surface area contributed by atoms with Crippen molar-refractivity contribution in [1.82, 2.24) is 0 Å². The molecule has 10 heavy (non-hydrogen) atoms. The fraction of sp³-hybridized carbons (Fsp3) is 1.00. The van der Waals surface area contributed by atoms with E-state index in [1.807, 2.05) is 0 Å². The lowest BCUT2D eigenvalue weighted by molar-refractivity contribution is -0.121. The van der Waals surface area contributed by atoms with Crippen molar-refractivity contribution >= 4 is 7.85 Å². The van der Waals surface area contributed by atoms with Gasteiger partial charge < -0.3 is 20.1 Å². The Morgan fingerprint density at radius 3 is 2.10 bits per heavy atom. The third kappa shape index (κ3) is 0.951. The first-order valence-electron chi connectivity index (χ1n) is 3.20. The second-order valence-corrected chi connectivity index (χ2v) is 2.84. The number of aliphatic hydroxyl groups excluding tert-OH is 2. The summed E-state index contributed by atoms with van der Waals surface area (Å²) >= 11 is 0. The highest BCUT2D eigenvalue weighted by atomic mass is 16.6. The lowest BCUT2D eigenvalue weighted by Gasteiger charge is -2.23. The van der Waals surface area contributed by atoms with Crippen molar-refractivity contribution in [2.24, 2.45) is 0 Å². The fourth-order valence-corrected chi connectivity index (χ4v) is 0.950. The monoisotopic (exact) mass is 146 g/mol. The van der Waals surface area contributed by atoms with Gasteiger partial charge in [-0.2, -0.15) is 0 Å². The molecule has 0 spiro atoms. The van der Waals surface area contributed by atoms with Crippen LogP contribution < -0.4 is 0 Å². The van der Waals surface area contributed by atoms with Gasteiger partial charge in [0, 0.05) is 0 Å². The molecule has 1 aliphatic rings. The summed E-state index contributed by atoms with van der Waals surface area (Å²) in [5.74, 6) is 0. The van der Waals surface area contributed by atoms with Crippen LogP contribution in [0.5, 0.6) is 0 Å². The first-order chi connectivity index (χ1) is 4.46. The van der Waals surface area contributed by atoms with E-state index in [1.165, 1.54) is 6.92 Å². The molecule has 0 aromatic heterocycles. The van der Waals surface area contributed by atoms with E-state index in [0.29, 0.717) is 0 Å². The molecule has 3 N–H and O–H groups in total. The molecule has 4 nitrogen and oxygen atoms in total. The van der Waals surface area contributed by atoms with Crippen LogP contribution in [-0.2, 0) is 4.74 Å². The van der Waals surface area contributed by atoms with Crippen LogP contribution >= 0.6 is 0 Å². The molecule has 1 unspecified atom stereocenters. The highest BCUT2D eigenvalue weighted by molar-refractivity contribution is 6.12. The minimum absolute atomic E-state index is 0.530. The Morgan fingerprint density at radius 1 is 1.50 bits per heavy atom.